The molecule has 106 valence electrons. The first-order valence-corrected chi connectivity index (χ1v) is 7.08. The Labute approximate surface area is 116 Å². The Kier molecular flexibility index (Phi) is 5.87. The quantitative estimate of drug-likeness (QED) is 0.753. The number of hydrogen-bond acceptors (Lipinski definition) is 2. The minimum Gasteiger partial charge on any atom is -0.478 e. The van der Waals surface area contributed by atoms with E-state index in [1.807, 2.05) is 13.0 Å². The Morgan fingerprint density at radius 1 is 1.32 bits per heavy atom. The zero-order valence-corrected chi connectivity index (χ0v) is 12.4. The monoisotopic (exact) mass is 263 g/mol. The molecular weight excluding hydrogens is 238 g/mol. The van der Waals surface area contributed by atoms with Crippen LogP contribution in [0.5, 0.6) is 0 Å². The average Bonchev–Trinajstić information content (AvgIpc) is 2.35. The van der Waals surface area contributed by atoms with Crippen molar-refractivity contribution in [2.24, 2.45) is 0 Å². The van der Waals surface area contributed by atoms with Crippen LogP contribution in [-0.2, 0) is 0 Å². The van der Waals surface area contributed by atoms with Gasteiger partial charge in [0.25, 0.3) is 0 Å². The molecule has 0 bridgehead atoms. The maximum absolute atomic E-state index is 11.0. The second-order valence-electron chi connectivity index (χ2n) is 5.30. The van der Waals surface area contributed by atoms with Gasteiger partial charge in [0.15, 0.2) is 0 Å². The van der Waals surface area contributed by atoms with Crippen LogP contribution >= 0.6 is 0 Å². The van der Waals surface area contributed by atoms with Gasteiger partial charge in [0.2, 0.25) is 0 Å². The second kappa shape index (κ2) is 7.17. The molecule has 1 aromatic carbocycles. The number of anilines is 1. The van der Waals surface area contributed by atoms with Crippen LogP contribution in [0.25, 0.3) is 0 Å². The van der Waals surface area contributed by atoms with Crippen molar-refractivity contribution in [1.82, 2.24) is 0 Å². The van der Waals surface area contributed by atoms with Crippen molar-refractivity contribution in [2.45, 2.75) is 53.0 Å². The molecule has 0 heterocycles. The summed E-state index contributed by atoms with van der Waals surface area (Å²) in [4.78, 5) is 13.3. The second-order valence-corrected chi connectivity index (χ2v) is 5.30. The first kappa shape index (κ1) is 15.5. The van der Waals surface area contributed by atoms with Gasteiger partial charge in [-0.25, -0.2) is 4.79 Å². The first-order valence-electron chi connectivity index (χ1n) is 7.08. The average molecular weight is 263 g/mol. The van der Waals surface area contributed by atoms with Crippen LogP contribution in [0.1, 0.15) is 56.0 Å². The summed E-state index contributed by atoms with van der Waals surface area (Å²) in [6, 6.07) is 5.81. The van der Waals surface area contributed by atoms with Gasteiger partial charge in [-0.2, -0.15) is 0 Å². The first-order chi connectivity index (χ1) is 8.97. The Morgan fingerprint density at radius 3 is 2.47 bits per heavy atom. The van der Waals surface area contributed by atoms with Crippen molar-refractivity contribution in [2.75, 3.05) is 11.4 Å². The number of rotatable bonds is 7. The fourth-order valence-corrected chi connectivity index (χ4v) is 2.30. The number of carboxylic acids is 1. The van der Waals surface area contributed by atoms with Crippen LogP contribution in [0.15, 0.2) is 18.2 Å². The van der Waals surface area contributed by atoms with Crippen molar-refractivity contribution in [3.63, 3.8) is 0 Å². The summed E-state index contributed by atoms with van der Waals surface area (Å²) in [6.07, 6.45) is 3.62. The molecule has 0 saturated heterocycles. The van der Waals surface area contributed by atoms with E-state index in [0.717, 1.165) is 17.8 Å². The molecular formula is C16H25NO2. The van der Waals surface area contributed by atoms with Crippen LogP contribution in [0.4, 0.5) is 5.69 Å². The van der Waals surface area contributed by atoms with E-state index < -0.39 is 5.97 Å². The van der Waals surface area contributed by atoms with E-state index >= 15 is 0 Å². The third-order valence-corrected chi connectivity index (χ3v) is 3.38. The van der Waals surface area contributed by atoms with Gasteiger partial charge < -0.3 is 10.0 Å². The molecule has 0 fully saturated rings. The van der Waals surface area contributed by atoms with Crippen LogP contribution in [-0.4, -0.2) is 23.7 Å². The number of unbranched alkanes of at least 4 members (excludes halogenated alkanes) is 2. The molecule has 0 aromatic heterocycles. The van der Waals surface area contributed by atoms with Gasteiger partial charge in [-0.3, -0.25) is 0 Å². The van der Waals surface area contributed by atoms with Crippen LogP contribution < -0.4 is 4.90 Å². The van der Waals surface area contributed by atoms with Gasteiger partial charge >= 0.3 is 5.97 Å². The van der Waals surface area contributed by atoms with E-state index in [0.29, 0.717) is 11.6 Å². The lowest BCUT2D eigenvalue weighted by Gasteiger charge is -2.30. The fraction of sp³-hybridized carbons (Fsp3) is 0.562. The number of carbonyl (C=O) groups is 1. The molecule has 1 rings (SSSR count). The minimum atomic E-state index is -0.864. The van der Waals surface area contributed by atoms with Gasteiger partial charge in [0.1, 0.15) is 0 Å². The van der Waals surface area contributed by atoms with E-state index in [4.69, 9.17) is 5.11 Å². The van der Waals surface area contributed by atoms with Crippen LogP contribution in [0.2, 0.25) is 0 Å². The van der Waals surface area contributed by atoms with E-state index in [1.165, 1.54) is 19.3 Å². The van der Waals surface area contributed by atoms with E-state index in [9.17, 15) is 4.79 Å². The number of benzene rings is 1. The molecule has 0 atom stereocenters. The maximum Gasteiger partial charge on any atom is 0.335 e. The highest BCUT2D eigenvalue weighted by Crippen LogP contribution is 2.24. The predicted octanol–water partition coefficient (Wildman–Crippen LogP) is 4.10. The van der Waals surface area contributed by atoms with Crippen molar-refractivity contribution in [3.8, 4) is 0 Å². The maximum atomic E-state index is 11.0. The summed E-state index contributed by atoms with van der Waals surface area (Å²) in [5, 5.41) is 9.01. The highest BCUT2D eigenvalue weighted by Gasteiger charge is 2.14. The van der Waals surface area contributed by atoms with Crippen LogP contribution in [0, 0.1) is 6.92 Å². The number of aryl methyl sites for hydroxylation is 1. The Morgan fingerprint density at radius 2 is 2.00 bits per heavy atom. The van der Waals surface area contributed by atoms with Gasteiger partial charge in [0, 0.05) is 18.3 Å². The number of aromatic carboxylic acids is 1. The zero-order valence-electron chi connectivity index (χ0n) is 12.4. The molecule has 0 unspecified atom stereocenters. The molecule has 0 saturated carbocycles. The SMILES string of the molecule is CCCCCN(c1ccc(C(=O)O)cc1C)C(C)C. The molecule has 0 aliphatic carbocycles. The molecule has 0 aliphatic heterocycles. The summed E-state index contributed by atoms with van der Waals surface area (Å²) >= 11 is 0. The van der Waals surface area contributed by atoms with Crippen LogP contribution in [0.3, 0.4) is 0 Å². The van der Waals surface area contributed by atoms with E-state index in [-0.39, 0.29) is 0 Å². The normalized spacial score (nSPS) is 10.8. The van der Waals surface area contributed by atoms with Crippen molar-refractivity contribution in [1.29, 1.82) is 0 Å². The number of nitrogens with zero attached hydrogens (tertiary/aromatic N) is 1. The van der Waals surface area contributed by atoms with Gasteiger partial charge in [-0.15, -0.1) is 0 Å². The largest absolute Gasteiger partial charge is 0.478 e. The zero-order chi connectivity index (χ0) is 14.4. The van der Waals surface area contributed by atoms with Gasteiger partial charge in [-0.05, 0) is 51.0 Å². The molecule has 1 aromatic rings. The predicted molar refractivity (Wildman–Crippen MR) is 80.1 cm³/mol. The topological polar surface area (TPSA) is 40.5 Å². The lowest BCUT2D eigenvalue weighted by molar-refractivity contribution is 0.0697. The third kappa shape index (κ3) is 4.27. The molecule has 3 heteroatoms. The molecule has 3 nitrogen and oxygen atoms in total. The molecule has 0 amide bonds. The lowest BCUT2D eigenvalue weighted by Crippen LogP contribution is -2.32. The highest BCUT2D eigenvalue weighted by molar-refractivity contribution is 5.88. The Bertz CT molecular complexity index is 427. The smallest absolute Gasteiger partial charge is 0.335 e. The highest BCUT2D eigenvalue weighted by atomic mass is 16.4. The molecule has 0 spiro atoms. The van der Waals surface area contributed by atoms with Crippen molar-refractivity contribution in [3.05, 3.63) is 29.3 Å². The summed E-state index contributed by atoms with van der Waals surface area (Å²) in [5.41, 5.74) is 2.54. The summed E-state index contributed by atoms with van der Waals surface area (Å²) in [7, 11) is 0. The van der Waals surface area contributed by atoms with Crippen molar-refractivity contribution >= 4 is 11.7 Å². The lowest BCUT2D eigenvalue weighted by atomic mass is 10.1. The number of carboxylic acid groups (broad SMARTS) is 1. The molecule has 0 radical (unpaired) electrons. The standard InChI is InChI=1S/C16H25NO2/c1-5-6-7-10-17(12(2)3)15-9-8-14(16(18)19)11-13(15)4/h8-9,11-12H,5-7,10H2,1-4H3,(H,18,19). The fourth-order valence-electron chi connectivity index (χ4n) is 2.30. The van der Waals surface area contributed by atoms with Crippen molar-refractivity contribution < 1.29 is 9.90 Å². The van der Waals surface area contributed by atoms with Gasteiger partial charge in [-0.1, -0.05) is 19.8 Å². The Hall–Kier alpha value is -1.51. The molecule has 1 N–H and O–H groups in total. The number of hydrogen-bond donors (Lipinski definition) is 1. The molecule has 0 aliphatic rings. The van der Waals surface area contributed by atoms with E-state index in [1.54, 1.807) is 12.1 Å². The third-order valence-electron chi connectivity index (χ3n) is 3.38. The Balaban J connectivity index is 2.93. The molecule has 19 heavy (non-hydrogen) atoms. The summed E-state index contributed by atoms with van der Waals surface area (Å²) < 4.78 is 0. The summed E-state index contributed by atoms with van der Waals surface area (Å²) in [5.74, 6) is -0.864. The summed E-state index contributed by atoms with van der Waals surface area (Å²) in [6.45, 7) is 9.56. The minimum absolute atomic E-state index is 0.360. The van der Waals surface area contributed by atoms with Gasteiger partial charge in [0.05, 0.1) is 5.56 Å². The van der Waals surface area contributed by atoms with E-state index in [2.05, 4.69) is 25.7 Å².